The molecule has 0 aromatic rings. The van der Waals surface area contributed by atoms with Gasteiger partial charge >= 0.3 is 6.09 Å². The maximum absolute atomic E-state index is 11.3. The Kier molecular flexibility index (Phi) is 13.7. The van der Waals surface area contributed by atoms with E-state index in [4.69, 9.17) is 23.7 Å². The van der Waals surface area contributed by atoms with Gasteiger partial charge < -0.3 is 29.0 Å². The van der Waals surface area contributed by atoms with Gasteiger partial charge in [-0.25, -0.2) is 4.79 Å². The van der Waals surface area contributed by atoms with Crippen molar-refractivity contribution in [2.75, 3.05) is 59.4 Å². The quantitative estimate of drug-likeness (QED) is 0.386. The molecule has 1 N–H and O–H groups in total. The van der Waals surface area contributed by atoms with Crippen LogP contribution >= 0.6 is 0 Å². The van der Waals surface area contributed by atoms with E-state index in [2.05, 4.69) is 11.9 Å². The fraction of sp³-hybridized carbons (Fsp3) is 0.812. The molecule has 0 aromatic heterocycles. The van der Waals surface area contributed by atoms with Gasteiger partial charge in [-0.05, 0) is 20.8 Å². The number of rotatable bonds is 14. The molecule has 0 atom stereocenters. The average molecular weight is 333 g/mol. The third-order valence-electron chi connectivity index (χ3n) is 2.27. The fourth-order valence-corrected chi connectivity index (χ4v) is 1.37. The zero-order valence-corrected chi connectivity index (χ0v) is 14.6. The van der Waals surface area contributed by atoms with Crippen molar-refractivity contribution in [2.24, 2.45) is 0 Å². The number of carbonyl (C=O) groups excluding carboxylic acids is 1. The Morgan fingerprint density at radius 1 is 0.913 bits per heavy atom. The fourth-order valence-electron chi connectivity index (χ4n) is 1.37. The predicted molar refractivity (Wildman–Crippen MR) is 87.7 cm³/mol. The van der Waals surface area contributed by atoms with Crippen LogP contribution in [-0.2, 0) is 23.7 Å². The molecule has 136 valence electrons. The topological polar surface area (TPSA) is 75.3 Å². The second-order valence-electron chi connectivity index (χ2n) is 5.63. The number of ether oxygens (including phenoxy) is 5. The summed E-state index contributed by atoms with van der Waals surface area (Å²) in [6, 6.07) is 0. The van der Waals surface area contributed by atoms with Crippen LogP contribution in [0.5, 0.6) is 0 Å². The molecular weight excluding hydrogens is 302 g/mol. The smallest absolute Gasteiger partial charge is 0.407 e. The van der Waals surface area contributed by atoms with Gasteiger partial charge in [-0.3, -0.25) is 0 Å². The van der Waals surface area contributed by atoms with Gasteiger partial charge in [0.2, 0.25) is 0 Å². The predicted octanol–water partition coefficient (Wildman–Crippen LogP) is 1.76. The van der Waals surface area contributed by atoms with Crippen molar-refractivity contribution in [3.8, 4) is 0 Å². The minimum Gasteiger partial charge on any atom is -0.444 e. The first-order chi connectivity index (χ1) is 11.0. The summed E-state index contributed by atoms with van der Waals surface area (Å²) in [5, 5.41) is 2.61. The number of amides is 1. The monoisotopic (exact) mass is 333 g/mol. The van der Waals surface area contributed by atoms with Gasteiger partial charge in [0.15, 0.2) is 0 Å². The van der Waals surface area contributed by atoms with Gasteiger partial charge in [-0.1, -0.05) is 6.08 Å². The molecule has 0 saturated carbocycles. The van der Waals surface area contributed by atoms with Crippen molar-refractivity contribution in [3.63, 3.8) is 0 Å². The van der Waals surface area contributed by atoms with E-state index < -0.39 is 11.7 Å². The summed E-state index contributed by atoms with van der Waals surface area (Å²) in [7, 11) is 0. The molecule has 0 spiro atoms. The van der Waals surface area contributed by atoms with E-state index in [1.807, 2.05) is 20.8 Å². The van der Waals surface area contributed by atoms with Crippen molar-refractivity contribution < 1.29 is 28.5 Å². The molecule has 7 heteroatoms. The summed E-state index contributed by atoms with van der Waals surface area (Å²) in [6.07, 6.45) is 1.26. The molecule has 7 nitrogen and oxygen atoms in total. The first-order valence-corrected chi connectivity index (χ1v) is 7.84. The minimum atomic E-state index is -0.487. The second kappa shape index (κ2) is 14.4. The lowest BCUT2D eigenvalue weighted by molar-refractivity contribution is 0.000866. The van der Waals surface area contributed by atoms with Crippen LogP contribution in [-0.4, -0.2) is 71.1 Å². The van der Waals surface area contributed by atoms with E-state index in [1.165, 1.54) is 0 Å². The van der Waals surface area contributed by atoms with Crippen LogP contribution in [0.1, 0.15) is 20.8 Å². The SMILES string of the molecule is C=CCOCCOCCOCCOCCNC(=O)OC(C)(C)C. The van der Waals surface area contributed by atoms with Gasteiger partial charge in [-0.15, -0.1) is 6.58 Å². The maximum Gasteiger partial charge on any atom is 0.407 e. The van der Waals surface area contributed by atoms with E-state index in [0.29, 0.717) is 59.4 Å². The molecule has 1 amide bonds. The standard InChI is InChI=1S/C16H31NO6/c1-5-7-19-9-11-21-13-14-22-12-10-20-8-6-17-15(18)23-16(2,3)4/h5H,1,6-14H2,2-4H3,(H,17,18). The third kappa shape index (κ3) is 18.8. The molecule has 0 aromatic carbocycles. The largest absolute Gasteiger partial charge is 0.444 e. The highest BCUT2D eigenvalue weighted by molar-refractivity contribution is 5.67. The summed E-state index contributed by atoms with van der Waals surface area (Å²) in [6.45, 7) is 13.5. The average Bonchev–Trinajstić information content (AvgIpc) is 2.46. The van der Waals surface area contributed by atoms with Gasteiger partial charge in [-0.2, -0.15) is 0 Å². The molecule has 0 aliphatic rings. The van der Waals surface area contributed by atoms with Crippen molar-refractivity contribution >= 4 is 6.09 Å². The summed E-state index contributed by atoms with van der Waals surface area (Å²) < 4.78 is 26.2. The third-order valence-corrected chi connectivity index (χ3v) is 2.27. The molecule has 0 rings (SSSR count). The van der Waals surface area contributed by atoms with Crippen LogP contribution < -0.4 is 5.32 Å². The number of hydrogen-bond donors (Lipinski definition) is 1. The van der Waals surface area contributed by atoms with Crippen molar-refractivity contribution in [2.45, 2.75) is 26.4 Å². The highest BCUT2D eigenvalue weighted by Gasteiger charge is 2.15. The van der Waals surface area contributed by atoms with E-state index >= 15 is 0 Å². The summed E-state index contributed by atoms with van der Waals surface area (Å²) in [5.41, 5.74) is -0.487. The van der Waals surface area contributed by atoms with E-state index in [9.17, 15) is 4.79 Å². The second-order valence-corrected chi connectivity index (χ2v) is 5.63. The first-order valence-electron chi connectivity index (χ1n) is 7.84. The number of hydrogen-bond acceptors (Lipinski definition) is 6. The molecule has 0 fully saturated rings. The van der Waals surface area contributed by atoms with E-state index in [-0.39, 0.29) is 0 Å². The molecule has 0 radical (unpaired) electrons. The zero-order chi connectivity index (χ0) is 17.4. The molecule has 0 unspecified atom stereocenters. The highest BCUT2D eigenvalue weighted by Crippen LogP contribution is 2.05. The van der Waals surface area contributed by atoms with Crippen LogP contribution in [0.25, 0.3) is 0 Å². The lowest BCUT2D eigenvalue weighted by Gasteiger charge is -2.19. The Hall–Kier alpha value is -1.15. The molecule has 0 bridgehead atoms. The summed E-state index contributed by atoms with van der Waals surface area (Å²) >= 11 is 0. The Morgan fingerprint density at radius 3 is 1.87 bits per heavy atom. The van der Waals surface area contributed by atoms with Crippen LogP contribution in [0, 0.1) is 0 Å². The van der Waals surface area contributed by atoms with Gasteiger partial charge in [0, 0.05) is 6.54 Å². The maximum atomic E-state index is 11.3. The summed E-state index contributed by atoms with van der Waals surface area (Å²) in [5.74, 6) is 0. The lowest BCUT2D eigenvalue weighted by atomic mass is 10.2. The van der Waals surface area contributed by atoms with Crippen molar-refractivity contribution in [3.05, 3.63) is 12.7 Å². The lowest BCUT2D eigenvalue weighted by Crippen LogP contribution is -2.34. The molecule has 23 heavy (non-hydrogen) atoms. The number of alkyl carbamates (subject to hydrolysis) is 1. The highest BCUT2D eigenvalue weighted by atomic mass is 16.6. The Bertz CT molecular complexity index is 303. The number of carbonyl (C=O) groups is 1. The van der Waals surface area contributed by atoms with Crippen LogP contribution in [0.2, 0.25) is 0 Å². The number of nitrogens with one attached hydrogen (secondary N) is 1. The van der Waals surface area contributed by atoms with E-state index in [0.717, 1.165) is 0 Å². The van der Waals surface area contributed by atoms with Gasteiger partial charge in [0.05, 0.1) is 52.9 Å². The summed E-state index contributed by atoms with van der Waals surface area (Å²) in [4.78, 5) is 11.3. The van der Waals surface area contributed by atoms with Crippen LogP contribution in [0.4, 0.5) is 4.79 Å². The normalized spacial score (nSPS) is 11.3. The molecule has 0 aliphatic heterocycles. The van der Waals surface area contributed by atoms with Gasteiger partial charge in [0.25, 0.3) is 0 Å². The minimum absolute atomic E-state index is 0.405. The Morgan fingerprint density at radius 2 is 1.39 bits per heavy atom. The van der Waals surface area contributed by atoms with Gasteiger partial charge in [0.1, 0.15) is 5.60 Å². The molecule has 0 saturated heterocycles. The Balaban J connectivity index is 3.16. The molecule has 0 heterocycles. The zero-order valence-electron chi connectivity index (χ0n) is 14.6. The van der Waals surface area contributed by atoms with Crippen molar-refractivity contribution in [1.82, 2.24) is 5.32 Å². The first kappa shape index (κ1) is 21.9. The van der Waals surface area contributed by atoms with Crippen LogP contribution in [0.15, 0.2) is 12.7 Å². The molecule has 0 aliphatic carbocycles. The van der Waals surface area contributed by atoms with Crippen molar-refractivity contribution in [1.29, 1.82) is 0 Å². The Labute approximate surface area is 139 Å². The molecular formula is C16H31NO6. The van der Waals surface area contributed by atoms with E-state index in [1.54, 1.807) is 6.08 Å². The van der Waals surface area contributed by atoms with Crippen LogP contribution in [0.3, 0.4) is 0 Å².